The third-order valence-electron chi connectivity index (χ3n) is 4.92. The first-order chi connectivity index (χ1) is 16.3. The molecule has 0 aliphatic carbocycles. The van der Waals surface area contributed by atoms with E-state index in [1.165, 1.54) is 12.7 Å². The van der Waals surface area contributed by atoms with Crippen molar-refractivity contribution in [1.29, 1.82) is 0 Å². The number of hydrogen-bond acceptors (Lipinski definition) is 9. The third kappa shape index (κ3) is 3.74. The molecule has 11 nitrogen and oxygen atoms in total. The Morgan fingerprint density at radius 3 is 1.45 bits per heavy atom. The Bertz CT molecular complexity index is 1420. The van der Waals surface area contributed by atoms with Crippen LogP contribution in [0, 0.1) is 0 Å². The average molecular weight is 436 g/mol. The molecule has 11 heteroatoms. The lowest BCUT2D eigenvalue weighted by atomic mass is 10.2. The lowest BCUT2D eigenvalue weighted by Gasteiger charge is -2.10. The number of rotatable bonds is 6. The smallest absolute Gasteiger partial charge is 0.182 e. The first-order valence-electron chi connectivity index (χ1n) is 10.0. The number of nitrogens with zero attached hydrogens (tertiary/aromatic N) is 6. The van der Waals surface area contributed by atoms with Crippen LogP contribution in [0.5, 0.6) is 11.5 Å². The van der Waals surface area contributed by atoms with Gasteiger partial charge >= 0.3 is 0 Å². The number of aromatic amines is 2. The van der Waals surface area contributed by atoms with E-state index >= 15 is 0 Å². The molecule has 4 aromatic heterocycles. The summed E-state index contributed by atoms with van der Waals surface area (Å²) in [6, 6.07) is 15.2. The summed E-state index contributed by atoms with van der Waals surface area (Å²) in [4.78, 5) is 31.1. The van der Waals surface area contributed by atoms with E-state index in [2.05, 4.69) is 50.5 Å². The van der Waals surface area contributed by atoms with Crippen LogP contribution in [0.15, 0.2) is 73.8 Å². The number of imidazole rings is 2. The molecular weight excluding hydrogens is 420 g/mol. The predicted octanol–water partition coefficient (Wildman–Crippen LogP) is 4.30. The van der Waals surface area contributed by atoms with Crippen LogP contribution in [-0.2, 0) is 0 Å². The largest absolute Gasteiger partial charge is 0.457 e. The van der Waals surface area contributed by atoms with E-state index in [9.17, 15) is 0 Å². The Hall–Kier alpha value is -5.06. The highest BCUT2D eigenvalue weighted by Crippen LogP contribution is 2.27. The third-order valence-corrected chi connectivity index (χ3v) is 4.92. The molecule has 33 heavy (non-hydrogen) atoms. The maximum Gasteiger partial charge on any atom is 0.182 e. The Morgan fingerprint density at radius 1 is 0.545 bits per heavy atom. The number of aromatic nitrogens is 8. The molecule has 0 saturated heterocycles. The number of hydrogen-bond donors (Lipinski definition) is 4. The van der Waals surface area contributed by atoms with Gasteiger partial charge in [-0.3, -0.25) is 0 Å². The summed E-state index contributed by atoms with van der Waals surface area (Å²) < 4.78 is 5.97. The SMILES string of the molecule is c1nc(Nc2ccc(Oc3ccc(Nc4ncnc5nc[nH]c45)cc3)cc2)c2[nH]cnc2n1. The average Bonchev–Trinajstić information content (AvgIpc) is 3.52. The molecule has 6 rings (SSSR count). The van der Waals surface area contributed by atoms with E-state index < -0.39 is 0 Å². The lowest BCUT2D eigenvalue weighted by Crippen LogP contribution is -1.96. The monoisotopic (exact) mass is 436 g/mol. The molecule has 4 heterocycles. The number of fused-ring (bicyclic) bond motifs is 2. The van der Waals surface area contributed by atoms with Crippen LogP contribution in [0.3, 0.4) is 0 Å². The fraction of sp³-hybridized carbons (Fsp3) is 0. The van der Waals surface area contributed by atoms with Gasteiger partial charge < -0.3 is 25.3 Å². The van der Waals surface area contributed by atoms with Gasteiger partial charge in [-0.1, -0.05) is 0 Å². The summed E-state index contributed by atoms with van der Waals surface area (Å²) >= 11 is 0. The number of ether oxygens (including phenoxy) is 1. The minimum atomic E-state index is 0.610. The highest BCUT2D eigenvalue weighted by molar-refractivity contribution is 5.85. The van der Waals surface area contributed by atoms with Gasteiger partial charge in [0.1, 0.15) is 35.2 Å². The van der Waals surface area contributed by atoms with Crippen LogP contribution in [0.1, 0.15) is 0 Å². The van der Waals surface area contributed by atoms with Crippen molar-refractivity contribution in [3.8, 4) is 11.5 Å². The van der Waals surface area contributed by atoms with Gasteiger partial charge in [-0.05, 0) is 48.5 Å². The van der Waals surface area contributed by atoms with Crippen molar-refractivity contribution in [1.82, 2.24) is 39.9 Å². The minimum Gasteiger partial charge on any atom is -0.457 e. The Balaban J connectivity index is 1.13. The molecule has 0 atom stereocenters. The Morgan fingerprint density at radius 2 is 1.00 bits per heavy atom. The molecule has 2 aromatic carbocycles. The molecule has 0 unspecified atom stereocenters. The van der Waals surface area contributed by atoms with Crippen molar-refractivity contribution in [3.63, 3.8) is 0 Å². The lowest BCUT2D eigenvalue weighted by molar-refractivity contribution is 0.483. The predicted molar refractivity (Wildman–Crippen MR) is 123 cm³/mol. The topological polar surface area (TPSA) is 142 Å². The zero-order chi connectivity index (χ0) is 22.0. The molecule has 0 fully saturated rings. The molecule has 0 spiro atoms. The Labute approximate surface area is 186 Å². The highest BCUT2D eigenvalue weighted by Gasteiger charge is 2.08. The molecule has 0 radical (unpaired) electrons. The van der Waals surface area contributed by atoms with Gasteiger partial charge in [0, 0.05) is 11.4 Å². The van der Waals surface area contributed by atoms with Crippen molar-refractivity contribution < 1.29 is 4.74 Å². The molecule has 0 bridgehead atoms. The normalized spacial score (nSPS) is 11.0. The highest BCUT2D eigenvalue weighted by atomic mass is 16.5. The summed E-state index contributed by atoms with van der Waals surface area (Å²) in [5, 5.41) is 6.52. The second-order valence-corrected chi connectivity index (χ2v) is 7.05. The van der Waals surface area contributed by atoms with Gasteiger partial charge in [0.2, 0.25) is 0 Å². The van der Waals surface area contributed by atoms with Gasteiger partial charge in [0.05, 0.1) is 12.7 Å². The maximum atomic E-state index is 5.97. The van der Waals surface area contributed by atoms with Crippen LogP contribution in [-0.4, -0.2) is 39.9 Å². The summed E-state index contributed by atoms with van der Waals surface area (Å²) in [5.41, 5.74) is 4.46. The van der Waals surface area contributed by atoms with E-state index in [0.717, 1.165) is 22.4 Å². The number of anilines is 4. The first kappa shape index (κ1) is 18.7. The molecule has 160 valence electrons. The second-order valence-electron chi connectivity index (χ2n) is 7.05. The van der Waals surface area contributed by atoms with E-state index in [0.29, 0.717) is 34.4 Å². The van der Waals surface area contributed by atoms with E-state index in [1.54, 1.807) is 12.7 Å². The zero-order valence-electron chi connectivity index (χ0n) is 17.0. The van der Waals surface area contributed by atoms with Crippen molar-refractivity contribution in [3.05, 3.63) is 73.8 Å². The summed E-state index contributed by atoms with van der Waals surface area (Å²) in [5.74, 6) is 2.74. The molecular formula is C22H16N10O. The summed E-state index contributed by atoms with van der Waals surface area (Å²) in [6.07, 6.45) is 6.13. The van der Waals surface area contributed by atoms with Gasteiger partial charge in [0.25, 0.3) is 0 Å². The molecule has 0 saturated carbocycles. The Kier molecular flexibility index (Phi) is 4.47. The van der Waals surface area contributed by atoms with E-state index in [4.69, 9.17) is 4.74 Å². The van der Waals surface area contributed by atoms with Crippen molar-refractivity contribution >= 4 is 45.3 Å². The standard InChI is InChI=1S/C22H16N10O/c1-5-15(6-2-13(1)31-21-17-19(25-9-23-17)27-11-29-21)33-16-7-3-14(4-8-16)32-22-18-20(26-10-24-18)28-12-30-22/h1-12H,(H2,23,25,27,29,31)(H2,24,26,28,30,32). The van der Waals surface area contributed by atoms with Crippen LogP contribution < -0.4 is 15.4 Å². The van der Waals surface area contributed by atoms with Gasteiger partial charge in [0.15, 0.2) is 22.9 Å². The molecule has 0 aliphatic rings. The molecule has 6 aromatic rings. The maximum absolute atomic E-state index is 5.97. The fourth-order valence-corrected chi connectivity index (χ4v) is 3.34. The number of H-pyrrole nitrogens is 2. The summed E-state index contributed by atoms with van der Waals surface area (Å²) in [7, 11) is 0. The zero-order valence-corrected chi connectivity index (χ0v) is 17.0. The van der Waals surface area contributed by atoms with Crippen LogP contribution >= 0.6 is 0 Å². The molecule has 0 aliphatic heterocycles. The fourth-order valence-electron chi connectivity index (χ4n) is 3.34. The molecule has 4 N–H and O–H groups in total. The van der Waals surface area contributed by atoms with E-state index in [-0.39, 0.29) is 0 Å². The van der Waals surface area contributed by atoms with Crippen LogP contribution in [0.25, 0.3) is 22.3 Å². The van der Waals surface area contributed by atoms with Gasteiger partial charge in [-0.25, -0.2) is 29.9 Å². The molecule has 0 amide bonds. The van der Waals surface area contributed by atoms with Gasteiger partial charge in [-0.15, -0.1) is 0 Å². The van der Waals surface area contributed by atoms with Gasteiger partial charge in [-0.2, -0.15) is 0 Å². The van der Waals surface area contributed by atoms with E-state index in [1.807, 2.05) is 48.5 Å². The quantitative estimate of drug-likeness (QED) is 0.300. The van der Waals surface area contributed by atoms with Crippen molar-refractivity contribution in [2.45, 2.75) is 0 Å². The number of benzene rings is 2. The second kappa shape index (κ2) is 7.89. The first-order valence-corrected chi connectivity index (χ1v) is 10.0. The van der Waals surface area contributed by atoms with Crippen LogP contribution in [0.2, 0.25) is 0 Å². The van der Waals surface area contributed by atoms with Crippen molar-refractivity contribution in [2.75, 3.05) is 10.6 Å². The number of nitrogens with one attached hydrogen (secondary N) is 4. The van der Waals surface area contributed by atoms with Crippen molar-refractivity contribution in [2.24, 2.45) is 0 Å². The van der Waals surface area contributed by atoms with Crippen LogP contribution in [0.4, 0.5) is 23.0 Å². The minimum absolute atomic E-state index is 0.610. The summed E-state index contributed by atoms with van der Waals surface area (Å²) in [6.45, 7) is 0.